The highest BCUT2D eigenvalue weighted by Gasteiger charge is 2.14. The van der Waals surface area contributed by atoms with E-state index in [0.29, 0.717) is 17.9 Å². The van der Waals surface area contributed by atoms with Gasteiger partial charge in [-0.2, -0.15) is 0 Å². The summed E-state index contributed by atoms with van der Waals surface area (Å²) >= 11 is 0. The number of benzene rings is 2. The molecule has 0 saturated heterocycles. The summed E-state index contributed by atoms with van der Waals surface area (Å²) in [6.07, 6.45) is 3.88. The number of ether oxygens (including phenoxy) is 2. The van der Waals surface area contributed by atoms with Gasteiger partial charge in [-0.3, -0.25) is 4.79 Å². The molecule has 1 aliphatic rings. The Labute approximate surface area is 142 Å². The SMILES string of the molecule is COc1cc(C)c(NC(=O)Cc2ccc3c(c2)CCC3)cc1OC. The van der Waals surface area contributed by atoms with Crippen molar-refractivity contribution in [3.05, 3.63) is 52.6 Å². The summed E-state index contributed by atoms with van der Waals surface area (Å²) in [5.41, 5.74) is 5.57. The van der Waals surface area contributed by atoms with E-state index in [9.17, 15) is 4.79 Å². The number of aryl methyl sites for hydroxylation is 3. The first-order valence-corrected chi connectivity index (χ1v) is 8.24. The normalized spacial score (nSPS) is 12.6. The lowest BCUT2D eigenvalue weighted by atomic mass is 10.0. The van der Waals surface area contributed by atoms with E-state index in [2.05, 4.69) is 23.5 Å². The smallest absolute Gasteiger partial charge is 0.228 e. The van der Waals surface area contributed by atoms with E-state index in [1.807, 2.05) is 13.0 Å². The molecule has 0 aliphatic heterocycles. The van der Waals surface area contributed by atoms with Gasteiger partial charge in [0.2, 0.25) is 5.91 Å². The molecule has 1 aliphatic carbocycles. The van der Waals surface area contributed by atoms with E-state index in [1.54, 1.807) is 20.3 Å². The van der Waals surface area contributed by atoms with E-state index in [0.717, 1.165) is 29.7 Å². The molecule has 0 atom stereocenters. The van der Waals surface area contributed by atoms with Crippen LogP contribution in [0.4, 0.5) is 5.69 Å². The summed E-state index contributed by atoms with van der Waals surface area (Å²) in [5, 5.41) is 2.98. The number of amides is 1. The van der Waals surface area contributed by atoms with Crippen LogP contribution in [0.15, 0.2) is 30.3 Å². The molecule has 1 amide bonds. The Morgan fingerprint density at radius 1 is 1.04 bits per heavy atom. The maximum Gasteiger partial charge on any atom is 0.228 e. The maximum atomic E-state index is 12.4. The van der Waals surface area contributed by atoms with Crippen LogP contribution in [0.3, 0.4) is 0 Å². The Hall–Kier alpha value is -2.49. The number of hydrogen-bond acceptors (Lipinski definition) is 3. The van der Waals surface area contributed by atoms with Gasteiger partial charge in [0, 0.05) is 11.8 Å². The second kappa shape index (κ2) is 6.95. The summed E-state index contributed by atoms with van der Waals surface area (Å²) in [5.74, 6) is 1.24. The van der Waals surface area contributed by atoms with Crippen LogP contribution in [0.1, 0.15) is 28.7 Å². The lowest BCUT2D eigenvalue weighted by Crippen LogP contribution is -2.15. The molecule has 0 aromatic heterocycles. The van der Waals surface area contributed by atoms with Crippen molar-refractivity contribution in [1.29, 1.82) is 0 Å². The van der Waals surface area contributed by atoms with Crippen molar-refractivity contribution in [1.82, 2.24) is 0 Å². The van der Waals surface area contributed by atoms with Crippen molar-refractivity contribution in [2.45, 2.75) is 32.6 Å². The van der Waals surface area contributed by atoms with Crippen LogP contribution in [0.5, 0.6) is 11.5 Å². The summed E-state index contributed by atoms with van der Waals surface area (Å²) in [6.45, 7) is 1.94. The topological polar surface area (TPSA) is 47.6 Å². The summed E-state index contributed by atoms with van der Waals surface area (Å²) < 4.78 is 10.6. The van der Waals surface area contributed by atoms with E-state index in [-0.39, 0.29) is 5.91 Å². The van der Waals surface area contributed by atoms with Gasteiger partial charge in [0.15, 0.2) is 11.5 Å². The number of carbonyl (C=O) groups is 1. The van der Waals surface area contributed by atoms with Crippen molar-refractivity contribution in [2.75, 3.05) is 19.5 Å². The standard InChI is InChI=1S/C20H23NO3/c1-13-9-18(23-2)19(24-3)12-17(13)21-20(22)11-14-7-8-15-5-4-6-16(15)10-14/h7-10,12H,4-6,11H2,1-3H3,(H,21,22). The molecule has 0 radical (unpaired) electrons. The number of nitrogens with one attached hydrogen (secondary N) is 1. The van der Waals surface area contributed by atoms with Gasteiger partial charge in [0.1, 0.15) is 0 Å². The van der Waals surface area contributed by atoms with Gasteiger partial charge >= 0.3 is 0 Å². The van der Waals surface area contributed by atoms with Gasteiger partial charge in [0.05, 0.1) is 20.6 Å². The minimum atomic E-state index is -0.0248. The highest BCUT2D eigenvalue weighted by Crippen LogP contribution is 2.33. The first-order valence-electron chi connectivity index (χ1n) is 8.24. The molecule has 4 nitrogen and oxygen atoms in total. The van der Waals surface area contributed by atoms with Crippen LogP contribution in [-0.2, 0) is 24.1 Å². The number of anilines is 1. The quantitative estimate of drug-likeness (QED) is 0.912. The molecule has 0 heterocycles. The largest absolute Gasteiger partial charge is 0.493 e. The maximum absolute atomic E-state index is 12.4. The summed E-state index contributed by atoms with van der Waals surface area (Å²) in [4.78, 5) is 12.4. The molecule has 24 heavy (non-hydrogen) atoms. The van der Waals surface area contributed by atoms with Crippen LogP contribution in [0.2, 0.25) is 0 Å². The monoisotopic (exact) mass is 325 g/mol. The highest BCUT2D eigenvalue weighted by molar-refractivity contribution is 5.93. The van der Waals surface area contributed by atoms with Gasteiger partial charge in [-0.15, -0.1) is 0 Å². The molecule has 3 rings (SSSR count). The van der Waals surface area contributed by atoms with E-state index < -0.39 is 0 Å². The zero-order valence-corrected chi connectivity index (χ0v) is 14.4. The molecule has 2 aromatic carbocycles. The van der Waals surface area contributed by atoms with Crippen molar-refractivity contribution in [2.24, 2.45) is 0 Å². The van der Waals surface area contributed by atoms with Crippen LogP contribution < -0.4 is 14.8 Å². The van der Waals surface area contributed by atoms with Crippen LogP contribution >= 0.6 is 0 Å². The predicted octanol–water partition coefficient (Wildman–Crippen LogP) is 3.68. The third-order valence-electron chi connectivity index (χ3n) is 4.53. The second-order valence-corrected chi connectivity index (χ2v) is 6.20. The Kier molecular flexibility index (Phi) is 4.74. The number of hydrogen-bond donors (Lipinski definition) is 1. The zero-order chi connectivity index (χ0) is 17.1. The number of rotatable bonds is 5. The molecular formula is C20H23NO3. The van der Waals surface area contributed by atoms with Crippen molar-refractivity contribution >= 4 is 11.6 Å². The van der Waals surface area contributed by atoms with Crippen molar-refractivity contribution < 1.29 is 14.3 Å². The third-order valence-corrected chi connectivity index (χ3v) is 4.53. The number of methoxy groups -OCH3 is 2. The Balaban J connectivity index is 1.73. The Morgan fingerprint density at radius 3 is 2.50 bits per heavy atom. The third kappa shape index (κ3) is 3.37. The van der Waals surface area contributed by atoms with Gasteiger partial charge in [-0.1, -0.05) is 18.2 Å². The van der Waals surface area contributed by atoms with E-state index in [4.69, 9.17) is 9.47 Å². The fourth-order valence-corrected chi connectivity index (χ4v) is 3.23. The van der Waals surface area contributed by atoms with Crippen LogP contribution in [-0.4, -0.2) is 20.1 Å². The average molecular weight is 325 g/mol. The first kappa shape index (κ1) is 16.4. The fraction of sp³-hybridized carbons (Fsp3) is 0.350. The van der Waals surface area contributed by atoms with Gasteiger partial charge in [-0.05, 0) is 54.5 Å². The molecule has 126 valence electrons. The second-order valence-electron chi connectivity index (χ2n) is 6.20. The zero-order valence-electron chi connectivity index (χ0n) is 14.4. The van der Waals surface area contributed by atoms with Crippen LogP contribution in [0.25, 0.3) is 0 Å². The predicted molar refractivity (Wildman–Crippen MR) is 95.1 cm³/mol. The summed E-state index contributed by atoms with van der Waals surface area (Å²) in [7, 11) is 3.19. The van der Waals surface area contributed by atoms with Crippen molar-refractivity contribution in [3.63, 3.8) is 0 Å². The first-order chi connectivity index (χ1) is 11.6. The Bertz CT molecular complexity index is 768. The van der Waals surface area contributed by atoms with Crippen LogP contribution in [0, 0.1) is 6.92 Å². The Morgan fingerprint density at radius 2 is 1.75 bits per heavy atom. The molecule has 0 spiro atoms. The van der Waals surface area contributed by atoms with Gasteiger partial charge in [0.25, 0.3) is 0 Å². The highest BCUT2D eigenvalue weighted by atomic mass is 16.5. The minimum Gasteiger partial charge on any atom is -0.493 e. The molecule has 0 fully saturated rings. The summed E-state index contributed by atoms with van der Waals surface area (Å²) in [6, 6.07) is 10.1. The number of carbonyl (C=O) groups excluding carboxylic acids is 1. The molecular weight excluding hydrogens is 302 g/mol. The molecule has 1 N–H and O–H groups in total. The number of fused-ring (bicyclic) bond motifs is 1. The molecule has 2 aromatic rings. The van der Waals surface area contributed by atoms with Crippen molar-refractivity contribution in [3.8, 4) is 11.5 Å². The molecule has 0 unspecified atom stereocenters. The van der Waals surface area contributed by atoms with Gasteiger partial charge < -0.3 is 14.8 Å². The van der Waals surface area contributed by atoms with E-state index in [1.165, 1.54) is 17.5 Å². The molecule has 4 heteroatoms. The van der Waals surface area contributed by atoms with E-state index >= 15 is 0 Å². The molecule has 0 bridgehead atoms. The fourth-order valence-electron chi connectivity index (χ4n) is 3.23. The van der Waals surface area contributed by atoms with Gasteiger partial charge in [-0.25, -0.2) is 0 Å². The lowest BCUT2D eigenvalue weighted by Gasteiger charge is -2.14. The average Bonchev–Trinajstić information content (AvgIpc) is 3.03. The molecule has 0 saturated carbocycles. The lowest BCUT2D eigenvalue weighted by molar-refractivity contribution is -0.115. The minimum absolute atomic E-state index is 0.0248.